The molecule has 1 heterocycles. The number of para-hydroxylation sites is 1. The van der Waals surface area contributed by atoms with Crippen molar-refractivity contribution in [1.82, 2.24) is 15.0 Å². The van der Waals surface area contributed by atoms with Crippen molar-refractivity contribution < 1.29 is 23.5 Å². The quantitative estimate of drug-likeness (QED) is 0.208. The number of rotatable bonds is 10. The Morgan fingerprint density at radius 1 is 0.975 bits per heavy atom. The number of ether oxygens (including phenoxy) is 3. The summed E-state index contributed by atoms with van der Waals surface area (Å²) < 4.78 is 22.3. The van der Waals surface area contributed by atoms with Crippen molar-refractivity contribution in [2.75, 3.05) is 27.8 Å². The Bertz CT molecular complexity index is 1440. The predicted molar refractivity (Wildman–Crippen MR) is 155 cm³/mol. The summed E-state index contributed by atoms with van der Waals surface area (Å²) in [6.07, 6.45) is -0.164. The van der Waals surface area contributed by atoms with Gasteiger partial charge in [0.2, 0.25) is 5.82 Å². The van der Waals surface area contributed by atoms with Gasteiger partial charge in [0.15, 0.2) is 0 Å². The third-order valence-electron chi connectivity index (χ3n) is 6.40. The number of carbonyl (C=O) groups is 1. The molecule has 1 atom stereocenters. The Hall–Kier alpha value is -4.01. The number of carbonyl (C=O) groups excluding carboxylic acids is 1. The second-order valence-electron chi connectivity index (χ2n) is 10.8. The molecule has 4 rings (SSSR count). The van der Waals surface area contributed by atoms with Crippen LogP contribution in [-0.2, 0) is 20.8 Å². The molecule has 8 heteroatoms. The fourth-order valence-corrected chi connectivity index (χ4v) is 4.45. The lowest BCUT2D eigenvalue weighted by Crippen LogP contribution is -2.32. The zero-order chi connectivity index (χ0) is 28.9. The average Bonchev–Trinajstić information content (AvgIpc) is 3.42. The molecule has 0 amide bonds. The maximum absolute atomic E-state index is 12.1. The van der Waals surface area contributed by atoms with Gasteiger partial charge < -0.3 is 18.7 Å². The molecule has 1 unspecified atom stereocenters. The summed E-state index contributed by atoms with van der Waals surface area (Å²) in [5.41, 5.74) is 5.19. The SMILES string of the molecule is COc1ccccc1-c1ccc(-c2nc(-c3ccc(CN(C)CC(=O)OC(C)(C)C)cc3)no2)cc1C(C)OC. The Labute approximate surface area is 235 Å². The lowest BCUT2D eigenvalue weighted by atomic mass is 9.94. The van der Waals surface area contributed by atoms with Gasteiger partial charge in [0, 0.05) is 30.3 Å². The molecule has 3 aromatic carbocycles. The fraction of sp³-hybridized carbons (Fsp3) is 0.344. The first-order chi connectivity index (χ1) is 19.1. The van der Waals surface area contributed by atoms with Gasteiger partial charge in [0.05, 0.1) is 19.8 Å². The molecule has 0 aliphatic carbocycles. The van der Waals surface area contributed by atoms with Crippen LogP contribution in [0.5, 0.6) is 5.75 Å². The van der Waals surface area contributed by atoms with E-state index >= 15 is 0 Å². The van der Waals surface area contributed by atoms with E-state index in [-0.39, 0.29) is 18.6 Å². The first kappa shape index (κ1) is 29.0. The van der Waals surface area contributed by atoms with Gasteiger partial charge in [-0.05, 0) is 69.6 Å². The van der Waals surface area contributed by atoms with Crippen LogP contribution >= 0.6 is 0 Å². The minimum atomic E-state index is -0.496. The summed E-state index contributed by atoms with van der Waals surface area (Å²) >= 11 is 0. The number of hydrogen-bond acceptors (Lipinski definition) is 8. The van der Waals surface area contributed by atoms with Crippen LogP contribution in [0, 0.1) is 0 Å². The third-order valence-corrected chi connectivity index (χ3v) is 6.40. The maximum atomic E-state index is 12.1. The van der Waals surface area contributed by atoms with Gasteiger partial charge in [-0.15, -0.1) is 0 Å². The molecule has 0 saturated carbocycles. The second-order valence-corrected chi connectivity index (χ2v) is 10.8. The van der Waals surface area contributed by atoms with E-state index in [2.05, 4.69) is 10.1 Å². The van der Waals surface area contributed by atoms with Crippen LogP contribution in [-0.4, -0.2) is 54.4 Å². The molecule has 8 nitrogen and oxygen atoms in total. The van der Waals surface area contributed by atoms with Crippen LogP contribution in [0.3, 0.4) is 0 Å². The summed E-state index contributed by atoms with van der Waals surface area (Å²) in [7, 11) is 5.25. The van der Waals surface area contributed by atoms with Crippen molar-refractivity contribution in [2.45, 2.75) is 45.9 Å². The molecular formula is C32H37N3O5. The van der Waals surface area contributed by atoms with Crippen LogP contribution < -0.4 is 4.74 Å². The Balaban J connectivity index is 1.51. The first-order valence-electron chi connectivity index (χ1n) is 13.2. The monoisotopic (exact) mass is 543 g/mol. The largest absolute Gasteiger partial charge is 0.496 e. The second kappa shape index (κ2) is 12.4. The van der Waals surface area contributed by atoms with E-state index in [1.807, 2.05) is 106 Å². The highest BCUT2D eigenvalue weighted by Gasteiger charge is 2.20. The van der Waals surface area contributed by atoms with Gasteiger partial charge >= 0.3 is 5.97 Å². The zero-order valence-electron chi connectivity index (χ0n) is 24.2. The number of nitrogens with zero attached hydrogens (tertiary/aromatic N) is 3. The van der Waals surface area contributed by atoms with Gasteiger partial charge in [0.25, 0.3) is 5.89 Å². The van der Waals surface area contributed by atoms with E-state index < -0.39 is 5.60 Å². The fourth-order valence-electron chi connectivity index (χ4n) is 4.45. The molecule has 210 valence electrons. The molecule has 0 fully saturated rings. The number of likely N-dealkylation sites (N-methyl/N-ethyl adjacent to an activating group) is 1. The van der Waals surface area contributed by atoms with Crippen molar-refractivity contribution in [2.24, 2.45) is 0 Å². The normalized spacial score (nSPS) is 12.4. The number of aromatic nitrogens is 2. The van der Waals surface area contributed by atoms with Crippen LogP contribution in [0.2, 0.25) is 0 Å². The van der Waals surface area contributed by atoms with E-state index in [1.54, 1.807) is 14.2 Å². The number of esters is 1. The lowest BCUT2D eigenvalue weighted by molar-refractivity contribution is -0.155. The summed E-state index contributed by atoms with van der Waals surface area (Å²) in [4.78, 5) is 18.7. The van der Waals surface area contributed by atoms with Crippen LogP contribution in [0.4, 0.5) is 0 Å². The summed E-state index contributed by atoms with van der Waals surface area (Å²) in [6.45, 7) is 8.42. The van der Waals surface area contributed by atoms with Gasteiger partial charge in [0.1, 0.15) is 11.4 Å². The highest BCUT2D eigenvalue weighted by Crippen LogP contribution is 2.38. The number of benzene rings is 3. The zero-order valence-corrected chi connectivity index (χ0v) is 24.2. The highest BCUT2D eigenvalue weighted by molar-refractivity contribution is 5.76. The molecule has 0 bridgehead atoms. The lowest BCUT2D eigenvalue weighted by Gasteiger charge is -2.22. The van der Waals surface area contributed by atoms with Crippen molar-refractivity contribution in [1.29, 1.82) is 0 Å². The van der Waals surface area contributed by atoms with Gasteiger partial charge in [-0.2, -0.15) is 4.98 Å². The molecule has 0 radical (unpaired) electrons. The molecule has 0 saturated heterocycles. The topological polar surface area (TPSA) is 86.9 Å². The van der Waals surface area contributed by atoms with Gasteiger partial charge in [-0.1, -0.05) is 53.7 Å². The minimum absolute atomic E-state index is 0.164. The molecule has 0 N–H and O–H groups in total. The minimum Gasteiger partial charge on any atom is -0.496 e. The molecule has 4 aromatic rings. The Kier molecular flexibility index (Phi) is 9.02. The van der Waals surface area contributed by atoms with E-state index in [0.717, 1.165) is 39.1 Å². The van der Waals surface area contributed by atoms with Crippen molar-refractivity contribution >= 4 is 5.97 Å². The van der Waals surface area contributed by atoms with Crippen LogP contribution in [0.15, 0.2) is 71.3 Å². The van der Waals surface area contributed by atoms with Crippen molar-refractivity contribution in [3.05, 3.63) is 77.9 Å². The number of methoxy groups -OCH3 is 2. The molecule has 0 spiro atoms. The highest BCUT2D eigenvalue weighted by atomic mass is 16.6. The molecule has 0 aliphatic rings. The van der Waals surface area contributed by atoms with Crippen LogP contribution in [0.25, 0.3) is 34.0 Å². The molecule has 0 aliphatic heterocycles. The van der Waals surface area contributed by atoms with Gasteiger partial charge in [-0.3, -0.25) is 9.69 Å². The molecule has 1 aromatic heterocycles. The van der Waals surface area contributed by atoms with E-state index in [1.165, 1.54) is 0 Å². The Morgan fingerprint density at radius 2 is 1.68 bits per heavy atom. The average molecular weight is 544 g/mol. The number of hydrogen-bond donors (Lipinski definition) is 0. The maximum Gasteiger partial charge on any atom is 0.320 e. The standard InChI is InChI=1S/C32H37N3O5/c1-21(37-6)27-18-24(16-17-25(27)26-10-8-9-11-28(26)38-7)31-33-30(34-40-31)23-14-12-22(13-15-23)19-35(5)20-29(36)39-32(2,3)4/h8-18,21H,19-20H2,1-7H3. The van der Waals surface area contributed by atoms with E-state index in [0.29, 0.717) is 18.3 Å². The molecule has 40 heavy (non-hydrogen) atoms. The molecular weight excluding hydrogens is 506 g/mol. The van der Waals surface area contributed by atoms with E-state index in [9.17, 15) is 4.79 Å². The summed E-state index contributed by atoms with van der Waals surface area (Å²) in [6, 6.07) is 21.8. The third kappa shape index (κ3) is 7.14. The van der Waals surface area contributed by atoms with Crippen molar-refractivity contribution in [3.8, 4) is 39.7 Å². The first-order valence-corrected chi connectivity index (χ1v) is 13.2. The van der Waals surface area contributed by atoms with Gasteiger partial charge in [-0.25, -0.2) is 0 Å². The van der Waals surface area contributed by atoms with Crippen LogP contribution in [0.1, 0.15) is 44.9 Å². The smallest absolute Gasteiger partial charge is 0.320 e. The summed E-state index contributed by atoms with van der Waals surface area (Å²) in [5.74, 6) is 1.47. The Morgan fingerprint density at radius 3 is 2.35 bits per heavy atom. The predicted octanol–water partition coefficient (Wildman–Crippen LogP) is 6.56. The van der Waals surface area contributed by atoms with Crippen molar-refractivity contribution in [3.63, 3.8) is 0 Å². The van der Waals surface area contributed by atoms with E-state index in [4.69, 9.17) is 18.7 Å². The summed E-state index contributed by atoms with van der Waals surface area (Å²) in [5, 5.41) is 4.22.